The molecule has 0 unspecified atom stereocenters. The molecule has 0 saturated carbocycles. The fourth-order valence-electron chi connectivity index (χ4n) is 1.32. The van der Waals surface area contributed by atoms with Crippen molar-refractivity contribution in [1.82, 2.24) is 4.72 Å². The Balaban J connectivity index is 2.60. The van der Waals surface area contributed by atoms with Gasteiger partial charge in [0.15, 0.2) is 0 Å². The Hall–Kier alpha value is -1.16. The number of hydrogen-bond donors (Lipinski definition) is 2. The van der Waals surface area contributed by atoms with Crippen molar-refractivity contribution in [2.24, 2.45) is 5.73 Å². The molecule has 0 saturated heterocycles. The molecule has 0 bridgehead atoms. The topological polar surface area (TPSA) is 81.4 Å². The Kier molecular flexibility index (Phi) is 6.40. The van der Waals surface area contributed by atoms with Gasteiger partial charge in [0.1, 0.15) is 11.6 Å². The Bertz CT molecular complexity index is 565. The van der Waals surface area contributed by atoms with Gasteiger partial charge in [0.25, 0.3) is 6.43 Å². The van der Waals surface area contributed by atoms with Crippen molar-refractivity contribution in [2.45, 2.75) is 11.3 Å². The molecule has 0 aliphatic carbocycles. The number of halogens is 2. The first-order valence-corrected chi connectivity index (χ1v) is 7.47. The number of sulfonamides is 1. The lowest BCUT2D eigenvalue weighted by molar-refractivity contribution is 0.0199. The molecule has 0 spiro atoms. The lowest BCUT2D eigenvalue weighted by Crippen LogP contribution is -2.28. The smallest absolute Gasteiger partial charge is 0.261 e. The zero-order valence-corrected chi connectivity index (χ0v) is 12.0. The lowest BCUT2D eigenvalue weighted by Gasteiger charge is -2.08. The highest BCUT2D eigenvalue weighted by molar-refractivity contribution is 7.89. The number of hydrogen-bond acceptors (Lipinski definition) is 4. The third-order valence-electron chi connectivity index (χ3n) is 2.21. The zero-order valence-electron chi connectivity index (χ0n) is 10.4. The van der Waals surface area contributed by atoms with Crippen LogP contribution in [-0.4, -0.2) is 39.6 Å². The van der Waals surface area contributed by atoms with Gasteiger partial charge < -0.3 is 10.5 Å². The Morgan fingerprint density at radius 2 is 2.15 bits per heavy atom. The van der Waals surface area contributed by atoms with E-state index in [1.54, 1.807) is 6.07 Å². The van der Waals surface area contributed by atoms with Crippen LogP contribution >= 0.6 is 12.2 Å². The molecule has 1 aromatic rings. The van der Waals surface area contributed by atoms with Gasteiger partial charge in [0, 0.05) is 12.1 Å². The minimum atomic E-state index is -3.75. The maximum atomic E-state index is 11.9. The first kappa shape index (κ1) is 16.9. The molecule has 1 aromatic carbocycles. The van der Waals surface area contributed by atoms with E-state index in [0.717, 1.165) is 0 Å². The molecule has 0 aliphatic heterocycles. The molecule has 3 N–H and O–H groups in total. The number of alkyl halides is 2. The number of rotatable bonds is 8. The summed E-state index contributed by atoms with van der Waals surface area (Å²) < 4.78 is 54.2. The van der Waals surface area contributed by atoms with Gasteiger partial charge in [-0.3, -0.25) is 0 Å². The highest BCUT2D eigenvalue weighted by atomic mass is 32.2. The molecule has 0 radical (unpaired) electrons. The van der Waals surface area contributed by atoms with E-state index >= 15 is 0 Å². The van der Waals surface area contributed by atoms with Gasteiger partial charge in [-0.15, -0.1) is 0 Å². The Morgan fingerprint density at radius 3 is 2.75 bits per heavy atom. The van der Waals surface area contributed by atoms with E-state index in [0.29, 0.717) is 5.56 Å². The van der Waals surface area contributed by atoms with Crippen LogP contribution in [0.4, 0.5) is 8.78 Å². The van der Waals surface area contributed by atoms with Crippen LogP contribution in [0.5, 0.6) is 0 Å². The van der Waals surface area contributed by atoms with E-state index in [1.165, 1.54) is 18.2 Å². The molecule has 1 rings (SSSR count). The second-order valence-electron chi connectivity index (χ2n) is 3.76. The first-order valence-electron chi connectivity index (χ1n) is 5.58. The van der Waals surface area contributed by atoms with Gasteiger partial charge in [-0.2, -0.15) is 0 Å². The predicted molar refractivity (Wildman–Crippen MR) is 74.3 cm³/mol. The molecule has 0 fully saturated rings. The van der Waals surface area contributed by atoms with Crippen LogP contribution in [0.3, 0.4) is 0 Å². The van der Waals surface area contributed by atoms with Crippen LogP contribution < -0.4 is 10.5 Å². The highest BCUT2D eigenvalue weighted by Gasteiger charge is 2.14. The largest absolute Gasteiger partial charge is 0.389 e. The summed E-state index contributed by atoms with van der Waals surface area (Å²) in [5, 5.41) is 0. The molecule has 0 amide bonds. The third kappa shape index (κ3) is 5.45. The standard InChI is InChI=1S/C11H14F2N2O3S2/c12-10(13)7-18-5-4-15-20(16,17)9-3-1-2-8(6-9)11(14)19/h1-3,6,10,15H,4-5,7H2,(H2,14,19). The Morgan fingerprint density at radius 1 is 1.45 bits per heavy atom. The minimum absolute atomic E-state index is 0.00309. The first-order chi connectivity index (χ1) is 9.33. The Labute approximate surface area is 121 Å². The van der Waals surface area contributed by atoms with Crippen molar-refractivity contribution in [1.29, 1.82) is 0 Å². The van der Waals surface area contributed by atoms with Crippen LogP contribution in [0.2, 0.25) is 0 Å². The molecule has 0 aliphatic rings. The predicted octanol–water partition coefficient (Wildman–Crippen LogP) is 0.881. The normalized spacial score (nSPS) is 11.8. The lowest BCUT2D eigenvalue weighted by atomic mass is 10.2. The summed E-state index contributed by atoms with van der Waals surface area (Å²) in [7, 11) is -3.75. The SMILES string of the molecule is NC(=S)c1cccc(S(=O)(=O)NCCOCC(F)F)c1. The van der Waals surface area contributed by atoms with Crippen molar-refractivity contribution < 1.29 is 21.9 Å². The number of benzene rings is 1. The summed E-state index contributed by atoms with van der Waals surface area (Å²) in [5.74, 6) is 0. The van der Waals surface area contributed by atoms with E-state index in [-0.39, 0.29) is 23.0 Å². The van der Waals surface area contributed by atoms with Gasteiger partial charge in [-0.05, 0) is 12.1 Å². The highest BCUT2D eigenvalue weighted by Crippen LogP contribution is 2.11. The van der Waals surface area contributed by atoms with E-state index in [9.17, 15) is 17.2 Å². The van der Waals surface area contributed by atoms with Crippen molar-refractivity contribution in [3.63, 3.8) is 0 Å². The second-order valence-corrected chi connectivity index (χ2v) is 5.96. The quantitative estimate of drug-likeness (QED) is 0.548. The average Bonchev–Trinajstić information content (AvgIpc) is 2.38. The van der Waals surface area contributed by atoms with Gasteiger partial charge in [0.05, 0.1) is 11.5 Å². The maximum Gasteiger partial charge on any atom is 0.261 e. The number of nitrogens with two attached hydrogens (primary N) is 1. The molecule has 20 heavy (non-hydrogen) atoms. The third-order valence-corrected chi connectivity index (χ3v) is 3.91. The molecular formula is C11H14F2N2O3S2. The van der Waals surface area contributed by atoms with E-state index in [4.69, 9.17) is 18.0 Å². The molecule has 9 heteroatoms. The van der Waals surface area contributed by atoms with Crippen molar-refractivity contribution in [3.8, 4) is 0 Å². The van der Waals surface area contributed by atoms with Gasteiger partial charge in [-0.1, -0.05) is 24.4 Å². The summed E-state index contributed by atoms with van der Waals surface area (Å²) in [6.45, 7) is -0.969. The van der Waals surface area contributed by atoms with Crippen LogP contribution in [0.15, 0.2) is 29.2 Å². The van der Waals surface area contributed by atoms with Gasteiger partial charge >= 0.3 is 0 Å². The van der Waals surface area contributed by atoms with Crippen LogP contribution in [0, 0.1) is 0 Å². The van der Waals surface area contributed by atoms with Crippen LogP contribution in [-0.2, 0) is 14.8 Å². The summed E-state index contributed by atoms with van der Waals surface area (Å²) in [6, 6.07) is 5.82. The molecular weight excluding hydrogens is 310 g/mol. The summed E-state index contributed by atoms with van der Waals surface area (Å²) in [4.78, 5) is 0.0824. The van der Waals surface area contributed by atoms with Gasteiger partial charge in [-0.25, -0.2) is 21.9 Å². The van der Waals surface area contributed by atoms with Crippen LogP contribution in [0.25, 0.3) is 0 Å². The zero-order chi connectivity index (χ0) is 15.2. The summed E-state index contributed by atoms with van der Waals surface area (Å²) in [6.07, 6.45) is -2.58. The molecule has 0 aromatic heterocycles. The van der Waals surface area contributed by atoms with E-state index < -0.39 is 23.1 Å². The van der Waals surface area contributed by atoms with E-state index in [2.05, 4.69) is 9.46 Å². The van der Waals surface area contributed by atoms with Crippen LogP contribution in [0.1, 0.15) is 5.56 Å². The molecule has 0 heterocycles. The molecule has 0 atom stereocenters. The maximum absolute atomic E-state index is 11.9. The van der Waals surface area contributed by atoms with Crippen molar-refractivity contribution in [3.05, 3.63) is 29.8 Å². The fourth-order valence-corrected chi connectivity index (χ4v) is 2.51. The second kappa shape index (κ2) is 7.58. The van der Waals surface area contributed by atoms with Crippen molar-refractivity contribution in [2.75, 3.05) is 19.8 Å². The minimum Gasteiger partial charge on any atom is -0.389 e. The van der Waals surface area contributed by atoms with E-state index in [1.807, 2.05) is 0 Å². The summed E-state index contributed by atoms with van der Waals surface area (Å²) >= 11 is 4.76. The number of nitrogens with one attached hydrogen (secondary N) is 1. The monoisotopic (exact) mass is 324 g/mol. The van der Waals surface area contributed by atoms with Gasteiger partial charge in [0.2, 0.25) is 10.0 Å². The number of ether oxygens (including phenoxy) is 1. The average molecular weight is 324 g/mol. The molecule has 112 valence electrons. The summed E-state index contributed by atoms with van der Waals surface area (Å²) in [5.41, 5.74) is 5.85. The number of thiocarbonyl (C=S) groups is 1. The molecule has 5 nitrogen and oxygen atoms in total. The van der Waals surface area contributed by atoms with Crippen molar-refractivity contribution >= 4 is 27.2 Å². The fraction of sp³-hybridized carbons (Fsp3) is 0.364.